The van der Waals surface area contributed by atoms with Crippen LogP contribution in [0.1, 0.15) is 21.5 Å². The number of carbonyl (C=O) groups is 1. The van der Waals surface area contributed by atoms with Crippen molar-refractivity contribution in [1.82, 2.24) is 15.0 Å². The van der Waals surface area contributed by atoms with Gasteiger partial charge in [0.1, 0.15) is 0 Å². The highest BCUT2D eigenvalue weighted by atomic mass is 79.9. The molecule has 3 rings (SSSR count). The summed E-state index contributed by atoms with van der Waals surface area (Å²) < 4.78 is 0.968. The van der Waals surface area contributed by atoms with Crippen LogP contribution in [0.25, 0.3) is 0 Å². The van der Waals surface area contributed by atoms with E-state index < -0.39 is 0 Å². The van der Waals surface area contributed by atoms with Crippen LogP contribution in [0.2, 0.25) is 0 Å². The Morgan fingerprint density at radius 2 is 1.96 bits per heavy atom. The number of pyridine rings is 1. The Morgan fingerprint density at radius 1 is 1.16 bits per heavy atom. The molecule has 2 aromatic heterocycles. The van der Waals surface area contributed by atoms with Crippen molar-refractivity contribution in [2.75, 3.05) is 10.6 Å². The fourth-order valence-corrected chi connectivity index (χ4v) is 2.66. The number of anilines is 2. The highest BCUT2D eigenvalue weighted by Gasteiger charge is 2.09. The number of hydrogen-bond acceptors (Lipinski definition) is 5. The summed E-state index contributed by atoms with van der Waals surface area (Å²) in [6.45, 7) is 2.50. The molecule has 0 fully saturated rings. The van der Waals surface area contributed by atoms with Crippen molar-refractivity contribution in [1.29, 1.82) is 0 Å². The number of nitrogens with zero attached hydrogens (tertiary/aromatic N) is 3. The standard InChI is InChI=1S/C18H16BrN5O/c1-12-7-15(19)4-5-16(12)24-17(25)14-10-22-18(23-11-14)21-9-13-3-2-6-20-8-13/h2-8,10-11H,9H2,1H3,(H,24,25)(H,21,22,23). The largest absolute Gasteiger partial charge is 0.350 e. The van der Waals surface area contributed by atoms with Crippen molar-refractivity contribution < 1.29 is 4.79 Å². The van der Waals surface area contributed by atoms with E-state index in [0.717, 1.165) is 21.3 Å². The first kappa shape index (κ1) is 17.0. The molecule has 0 bridgehead atoms. The first-order valence-corrected chi connectivity index (χ1v) is 8.43. The molecule has 2 N–H and O–H groups in total. The van der Waals surface area contributed by atoms with Gasteiger partial charge in [0.15, 0.2) is 0 Å². The molecule has 1 amide bonds. The minimum absolute atomic E-state index is 0.246. The molecular formula is C18H16BrN5O. The molecule has 0 aliphatic rings. The molecule has 0 spiro atoms. The molecule has 0 aliphatic heterocycles. The van der Waals surface area contributed by atoms with Crippen LogP contribution in [0, 0.1) is 6.92 Å². The van der Waals surface area contributed by atoms with E-state index in [2.05, 4.69) is 41.5 Å². The summed E-state index contributed by atoms with van der Waals surface area (Å²) in [5.74, 6) is 0.212. The third-order valence-electron chi connectivity index (χ3n) is 3.52. The maximum absolute atomic E-state index is 12.3. The van der Waals surface area contributed by atoms with E-state index in [1.807, 2.05) is 37.3 Å². The van der Waals surface area contributed by atoms with E-state index in [1.54, 1.807) is 12.4 Å². The summed E-state index contributed by atoms with van der Waals surface area (Å²) in [4.78, 5) is 24.7. The van der Waals surface area contributed by atoms with Gasteiger partial charge in [0.25, 0.3) is 5.91 Å². The molecule has 0 radical (unpaired) electrons. The molecule has 6 nitrogen and oxygen atoms in total. The van der Waals surface area contributed by atoms with Crippen molar-refractivity contribution in [2.24, 2.45) is 0 Å². The molecule has 126 valence electrons. The van der Waals surface area contributed by atoms with Crippen molar-refractivity contribution in [3.05, 3.63) is 76.3 Å². The summed E-state index contributed by atoms with van der Waals surface area (Å²) in [6, 6.07) is 9.50. The summed E-state index contributed by atoms with van der Waals surface area (Å²) in [6.07, 6.45) is 6.50. The number of nitrogens with one attached hydrogen (secondary N) is 2. The number of amides is 1. The van der Waals surface area contributed by atoms with Crippen LogP contribution in [0.3, 0.4) is 0 Å². The first-order valence-electron chi connectivity index (χ1n) is 7.64. The number of carbonyl (C=O) groups excluding carboxylic acids is 1. The van der Waals surface area contributed by atoms with Crippen molar-refractivity contribution in [3.63, 3.8) is 0 Å². The zero-order valence-corrected chi connectivity index (χ0v) is 15.1. The Bertz CT molecular complexity index is 868. The van der Waals surface area contributed by atoms with Gasteiger partial charge in [-0.1, -0.05) is 22.0 Å². The molecule has 0 aliphatic carbocycles. The zero-order chi connectivity index (χ0) is 17.6. The van der Waals surface area contributed by atoms with Gasteiger partial charge in [-0.25, -0.2) is 9.97 Å². The minimum Gasteiger partial charge on any atom is -0.350 e. The fraction of sp³-hybridized carbons (Fsp3) is 0.111. The first-order chi connectivity index (χ1) is 12.1. The Morgan fingerprint density at radius 3 is 2.64 bits per heavy atom. The number of halogens is 1. The predicted octanol–water partition coefficient (Wildman–Crippen LogP) is 3.81. The van der Waals surface area contributed by atoms with Gasteiger partial charge in [0, 0.05) is 41.5 Å². The summed E-state index contributed by atoms with van der Waals surface area (Å²) in [5.41, 5.74) is 3.15. The second-order valence-corrected chi connectivity index (χ2v) is 6.34. The lowest BCUT2D eigenvalue weighted by atomic mass is 10.2. The monoisotopic (exact) mass is 397 g/mol. The van der Waals surface area contributed by atoms with E-state index >= 15 is 0 Å². The highest BCUT2D eigenvalue weighted by Crippen LogP contribution is 2.20. The summed E-state index contributed by atoms with van der Waals surface area (Å²) in [7, 11) is 0. The average molecular weight is 398 g/mol. The Balaban J connectivity index is 1.62. The van der Waals surface area contributed by atoms with E-state index in [-0.39, 0.29) is 5.91 Å². The zero-order valence-electron chi connectivity index (χ0n) is 13.5. The number of rotatable bonds is 5. The Labute approximate surface area is 153 Å². The van der Waals surface area contributed by atoms with Gasteiger partial charge in [-0.05, 0) is 42.3 Å². The van der Waals surface area contributed by atoms with E-state index in [1.165, 1.54) is 12.4 Å². The average Bonchev–Trinajstić information content (AvgIpc) is 2.63. The van der Waals surface area contributed by atoms with Crippen LogP contribution < -0.4 is 10.6 Å². The SMILES string of the molecule is Cc1cc(Br)ccc1NC(=O)c1cnc(NCc2cccnc2)nc1. The Kier molecular flexibility index (Phi) is 5.35. The van der Waals surface area contributed by atoms with Gasteiger partial charge in [-0.3, -0.25) is 9.78 Å². The maximum Gasteiger partial charge on any atom is 0.258 e. The second-order valence-electron chi connectivity index (χ2n) is 5.42. The molecular weight excluding hydrogens is 382 g/mol. The molecule has 0 saturated carbocycles. The summed E-state index contributed by atoms with van der Waals surface area (Å²) >= 11 is 3.40. The van der Waals surface area contributed by atoms with E-state index in [0.29, 0.717) is 18.1 Å². The molecule has 0 saturated heterocycles. The number of benzene rings is 1. The van der Waals surface area contributed by atoms with E-state index in [4.69, 9.17) is 0 Å². The van der Waals surface area contributed by atoms with E-state index in [9.17, 15) is 4.79 Å². The molecule has 25 heavy (non-hydrogen) atoms. The molecule has 3 aromatic rings. The smallest absolute Gasteiger partial charge is 0.258 e. The molecule has 7 heteroatoms. The number of aromatic nitrogens is 3. The van der Waals surface area contributed by atoms with Crippen molar-refractivity contribution >= 4 is 33.5 Å². The molecule has 2 heterocycles. The minimum atomic E-state index is -0.246. The van der Waals surface area contributed by atoms with Gasteiger partial charge >= 0.3 is 0 Å². The quantitative estimate of drug-likeness (QED) is 0.684. The lowest BCUT2D eigenvalue weighted by Crippen LogP contribution is -2.14. The summed E-state index contributed by atoms with van der Waals surface area (Å²) in [5, 5.41) is 5.96. The lowest BCUT2D eigenvalue weighted by Gasteiger charge is -2.09. The van der Waals surface area contributed by atoms with Crippen molar-refractivity contribution in [2.45, 2.75) is 13.5 Å². The molecule has 1 aromatic carbocycles. The third kappa shape index (κ3) is 4.60. The third-order valence-corrected chi connectivity index (χ3v) is 4.02. The topological polar surface area (TPSA) is 79.8 Å². The van der Waals surface area contributed by atoms with Crippen LogP contribution in [0.5, 0.6) is 0 Å². The fourth-order valence-electron chi connectivity index (χ4n) is 2.18. The van der Waals surface area contributed by atoms with Crippen LogP contribution in [-0.4, -0.2) is 20.9 Å². The van der Waals surface area contributed by atoms with Crippen molar-refractivity contribution in [3.8, 4) is 0 Å². The van der Waals surface area contributed by atoms with Gasteiger partial charge in [-0.15, -0.1) is 0 Å². The number of hydrogen-bond donors (Lipinski definition) is 2. The van der Waals surface area contributed by atoms with Crippen LogP contribution in [0.4, 0.5) is 11.6 Å². The maximum atomic E-state index is 12.3. The van der Waals surface area contributed by atoms with Gasteiger partial charge in [0.2, 0.25) is 5.95 Å². The normalized spacial score (nSPS) is 10.3. The van der Waals surface area contributed by atoms with Gasteiger partial charge < -0.3 is 10.6 Å². The second kappa shape index (κ2) is 7.85. The number of aryl methyl sites for hydroxylation is 1. The molecule has 0 atom stereocenters. The van der Waals surface area contributed by atoms with Gasteiger partial charge in [0.05, 0.1) is 5.56 Å². The van der Waals surface area contributed by atoms with Crippen LogP contribution in [0.15, 0.2) is 59.6 Å². The van der Waals surface area contributed by atoms with Crippen LogP contribution in [-0.2, 0) is 6.54 Å². The lowest BCUT2D eigenvalue weighted by molar-refractivity contribution is 0.102. The van der Waals surface area contributed by atoms with Gasteiger partial charge in [-0.2, -0.15) is 0 Å². The predicted molar refractivity (Wildman–Crippen MR) is 100 cm³/mol. The van der Waals surface area contributed by atoms with Crippen LogP contribution >= 0.6 is 15.9 Å². The highest BCUT2D eigenvalue weighted by molar-refractivity contribution is 9.10. The Hall–Kier alpha value is -2.80. The molecule has 0 unspecified atom stereocenters.